The molecule has 0 aliphatic rings. The highest BCUT2D eigenvalue weighted by Gasteiger charge is 2.00. The lowest BCUT2D eigenvalue weighted by atomic mass is 10.0. The molecule has 1 N–H and O–H groups in total. The Kier molecular flexibility index (Phi) is 11.8. The van der Waals surface area contributed by atoms with Gasteiger partial charge in [0.1, 0.15) is 0 Å². The molecule has 0 aromatic heterocycles. The fourth-order valence-electron chi connectivity index (χ4n) is 0.910. The second-order valence-electron chi connectivity index (χ2n) is 2.47. The first-order chi connectivity index (χ1) is 4.85. The lowest BCUT2D eigenvalue weighted by molar-refractivity contribution is 0.462. The zero-order chi connectivity index (χ0) is 7.82. The average molecular weight is 177 g/mol. The van der Waals surface area contributed by atoms with Gasteiger partial charge in [0.2, 0.25) is 0 Å². The molecule has 2 nitrogen and oxygen atoms in total. The molecule has 0 fully saturated rings. The van der Waals surface area contributed by atoms with Gasteiger partial charge >= 0.3 is 0 Å². The van der Waals surface area contributed by atoms with E-state index < -0.39 is 0 Å². The van der Waals surface area contributed by atoms with Crippen molar-refractivity contribution in [1.82, 2.24) is 5.32 Å². The van der Waals surface area contributed by atoms with E-state index in [1.165, 1.54) is 12.8 Å². The monoisotopic (exact) mass is 176 g/mol. The number of nitrogens with zero attached hydrogens (tertiary/aromatic N) is 1. The number of nitrogens with one attached hydrogen (secondary N) is 1. The Hall–Kier alpha value is -0.260. The SMILES string of the molecule is CCC(CC)CNCC#N.Cl. The average Bonchev–Trinajstić information content (AvgIpc) is 1.99. The Balaban J connectivity index is 0. The van der Waals surface area contributed by atoms with Crippen LogP contribution in [0.5, 0.6) is 0 Å². The standard InChI is InChI=1S/C8H16N2.ClH/c1-3-8(4-2)7-10-6-5-9;/h8,10H,3-4,6-7H2,1-2H3;1H. The second-order valence-corrected chi connectivity index (χ2v) is 2.47. The molecule has 0 saturated heterocycles. The molecule has 0 amide bonds. The zero-order valence-corrected chi connectivity index (χ0v) is 8.08. The molecule has 0 unspecified atom stereocenters. The minimum atomic E-state index is 0. The van der Waals surface area contributed by atoms with Gasteiger partial charge in [-0.05, 0) is 12.5 Å². The van der Waals surface area contributed by atoms with Crippen LogP contribution >= 0.6 is 12.4 Å². The van der Waals surface area contributed by atoms with Gasteiger partial charge < -0.3 is 5.32 Å². The van der Waals surface area contributed by atoms with Crippen LogP contribution in [0.25, 0.3) is 0 Å². The highest BCUT2D eigenvalue weighted by molar-refractivity contribution is 5.85. The van der Waals surface area contributed by atoms with Gasteiger partial charge in [0.15, 0.2) is 0 Å². The molecule has 66 valence electrons. The van der Waals surface area contributed by atoms with Crippen molar-refractivity contribution in [3.05, 3.63) is 0 Å². The fourth-order valence-corrected chi connectivity index (χ4v) is 0.910. The smallest absolute Gasteiger partial charge is 0.0841 e. The van der Waals surface area contributed by atoms with Crippen molar-refractivity contribution in [2.45, 2.75) is 26.7 Å². The molecule has 11 heavy (non-hydrogen) atoms. The Morgan fingerprint density at radius 2 is 1.91 bits per heavy atom. The van der Waals surface area contributed by atoms with E-state index in [9.17, 15) is 0 Å². The first-order valence-corrected chi connectivity index (χ1v) is 3.92. The minimum Gasteiger partial charge on any atom is -0.304 e. The van der Waals surface area contributed by atoms with Crippen LogP contribution in [0.3, 0.4) is 0 Å². The maximum absolute atomic E-state index is 8.21. The molecule has 0 bridgehead atoms. The lowest BCUT2D eigenvalue weighted by Gasteiger charge is -2.10. The van der Waals surface area contributed by atoms with E-state index in [4.69, 9.17) is 5.26 Å². The van der Waals surface area contributed by atoms with Crippen LogP contribution in [0.2, 0.25) is 0 Å². The van der Waals surface area contributed by atoms with Gasteiger partial charge in [-0.25, -0.2) is 0 Å². The summed E-state index contributed by atoms with van der Waals surface area (Å²) in [5.74, 6) is 0.744. The maximum atomic E-state index is 8.21. The number of rotatable bonds is 5. The summed E-state index contributed by atoms with van der Waals surface area (Å²) < 4.78 is 0. The molecule has 0 spiro atoms. The predicted molar refractivity (Wildman–Crippen MR) is 49.8 cm³/mol. The molecule has 0 aromatic carbocycles. The summed E-state index contributed by atoms with van der Waals surface area (Å²) in [5, 5.41) is 11.3. The van der Waals surface area contributed by atoms with Crippen molar-refractivity contribution in [3.63, 3.8) is 0 Å². The molecule has 0 aliphatic heterocycles. The highest BCUT2D eigenvalue weighted by Crippen LogP contribution is 2.04. The van der Waals surface area contributed by atoms with E-state index in [0.717, 1.165) is 12.5 Å². The van der Waals surface area contributed by atoms with Crippen LogP contribution in [-0.2, 0) is 0 Å². The van der Waals surface area contributed by atoms with Gasteiger partial charge in [-0.3, -0.25) is 0 Å². The fraction of sp³-hybridized carbons (Fsp3) is 0.875. The third-order valence-corrected chi connectivity index (χ3v) is 1.79. The molecular formula is C8H17ClN2. The third-order valence-electron chi connectivity index (χ3n) is 1.79. The number of hydrogen-bond acceptors (Lipinski definition) is 2. The van der Waals surface area contributed by atoms with Gasteiger partial charge in [-0.1, -0.05) is 26.7 Å². The van der Waals surface area contributed by atoms with Gasteiger partial charge in [0.25, 0.3) is 0 Å². The molecule has 0 radical (unpaired) electrons. The van der Waals surface area contributed by atoms with Gasteiger partial charge in [-0.15, -0.1) is 12.4 Å². The summed E-state index contributed by atoms with van der Waals surface area (Å²) in [6.45, 7) is 5.83. The van der Waals surface area contributed by atoms with Crippen LogP contribution < -0.4 is 5.32 Å². The molecule has 0 aromatic rings. The molecule has 0 heterocycles. The summed E-state index contributed by atoms with van der Waals surface area (Å²) in [7, 11) is 0. The Labute approximate surface area is 75.4 Å². The Bertz CT molecular complexity index is 105. The van der Waals surface area contributed by atoms with Crippen molar-refractivity contribution < 1.29 is 0 Å². The molecule has 0 rings (SSSR count). The van der Waals surface area contributed by atoms with E-state index in [0.29, 0.717) is 6.54 Å². The zero-order valence-electron chi connectivity index (χ0n) is 7.26. The quantitative estimate of drug-likeness (QED) is 0.514. The molecule has 0 saturated carbocycles. The molecule has 0 atom stereocenters. The lowest BCUT2D eigenvalue weighted by Crippen LogP contribution is -2.22. The maximum Gasteiger partial charge on any atom is 0.0841 e. The van der Waals surface area contributed by atoms with E-state index in [1.54, 1.807) is 0 Å². The second kappa shape index (κ2) is 9.74. The van der Waals surface area contributed by atoms with Crippen molar-refractivity contribution in [2.24, 2.45) is 5.92 Å². The third kappa shape index (κ3) is 7.64. The normalized spacial score (nSPS) is 8.91. The van der Waals surface area contributed by atoms with E-state index >= 15 is 0 Å². The number of halogens is 1. The highest BCUT2D eigenvalue weighted by atomic mass is 35.5. The van der Waals surface area contributed by atoms with Crippen molar-refractivity contribution in [1.29, 1.82) is 5.26 Å². The summed E-state index contributed by atoms with van der Waals surface area (Å²) in [5.41, 5.74) is 0. The number of hydrogen-bond donors (Lipinski definition) is 1. The summed E-state index contributed by atoms with van der Waals surface area (Å²) in [4.78, 5) is 0. The predicted octanol–water partition coefficient (Wildman–Crippen LogP) is 1.96. The Morgan fingerprint density at radius 3 is 2.27 bits per heavy atom. The van der Waals surface area contributed by atoms with Crippen molar-refractivity contribution in [3.8, 4) is 6.07 Å². The van der Waals surface area contributed by atoms with Crippen molar-refractivity contribution in [2.75, 3.05) is 13.1 Å². The van der Waals surface area contributed by atoms with Gasteiger partial charge in [-0.2, -0.15) is 5.26 Å². The summed E-state index contributed by atoms with van der Waals surface area (Å²) in [6.07, 6.45) is 2.41. The topological polar surface area (TPSA) is 35.8 Å². The van der Waals surface area contributed by atoms with Crippen LogP contribution in [0.15, 0.2) is 0 Å². The first kappa shape index (κ1) is 13.3. The minimum absolute atomic E-state index is 0. The van der Waals surface area contributed by atoms with Crippen LogP contribution in [0.1, 0.15) is 26.7 Å². The van der Waals surface area contributed by atoms with E-state index in [2.05, 4.69) is 25.2 Å². The number of nitriles is 1. The molecule has 0 aliphatic carbocycles. The Morgan fingerprint density at radius 1 is 1.36 bits per heavy atom. The van der Waals surface area contributed by atoms with Crippen molar-refractivity contribution >= 4 is 12.4 Å². The molecular weight excluding hydrogens is 160 g/mol. The van der Waals surface area contributed by atoms with Gasteiger partial charge in [0.05, 0.1) is 12.6 Å². The van der Waals surface area contributed by atoms with Crippen LogP contribution in [0, 0.1) is 17.2 Å². The molecule has 3 heteroatoms. The van der Waals surface area contributed by atoms with E-state index in [1.807, 2.05) is 0 Å². The largest absolute Gasteiger partial charge is 0.304 e. The van der Waals surface area contributed by atoms with Crippen LogP contribution in [-0.4, -0.2) is 13.1 Å². The van der Waals surface area contributed by atoms with E-state index in [-0.39, 0.29) is 12.4 Å². The first-order valence-electron chi connectivity index (χ1n) is 3.92. The van der Waals surface area contributed by atoms with Gasteiger partial charge in [0, 0.05) is 0 Å². The summed E-state index contributed by atoms with van der Waals surface area (Å²) in [6, 6.07) is 2.06. The summed E-state index contributed by atoms with van der Waals surface area (Å²) >= 11 is 0. The van der Waals surface area contributed by atoms with Crippen LogP contribution in [0.4, 0.5) is 0 Å².